The maximum Gasteiger partial charge on any atom is 0.160 e. The van der Waals surface area contributed by atoms with Crippen LogP contribution in [0.4, 0.5) is 17.1 Å². The van der Waals surface area contributed by atoms with Crippen molar-refractivity contribution in [3.8, 4) is 67.5 Å². The second-order valence-electron chi connectivity index (χ2n) is 17.3. The van der Waals surface area contributed by atoms with Gasteiger partial charge in [-0.25, -0.2) is 15.0 Å². The van der Waals surface area contributed by atoms with Crippen molar-refractivity contribution in [2.24, 2.45) is 0 Å². The second kappa shape index (κ2) is 14.8. The number of aromatic nitrogens is 4. The van der Waals surface area contributed by atoms with Crippen LogP contribution in [0.15, 0.2) is 234 Å². The average molecular weight is 872 g/mol. The maximum absolute atomic E-state index is 5.56. The van der Waals surface area contributed by atoms with Gasteiger partial charge in [-0.2, -0.15) is 0 Å². The van der Waals surface area contributed by atoms with Crippen LogP contribution < -0.4 is 4.90 Å². The Balaban J connectivity index is 0.930. The largest absolute Gasteiger partial charge is 0.308 e. The lowest BCUT2D eigenvalue weighted by Crippen LogP contribution is -2.26. The Labute approximate surface area is 392 Å². The summed E-state index contributed by atoms with van der Waals surface area (Å²) in [7, 11) is 0. The summed E-state index contributed by atoms with van der Waals surface area (Å²) in [5.74, 6) is 0.678. The summed E-state index contributed by atoms with van der Waals surface area (Å²) in [5, 5.41) is 1.03. The SMILES string of the molecule is c1ccc(-c2cccc(N3c4ccccc4Sc4c3ccc3c4-c4ccccc4C34c3cccnc3-c3nc(-c5cccc(-c6nc(-c7ccccc7)c7ccccc7n6)c5)ccc34)c2)cc1. The molecule has 1 unspecified atom stereocenters. The third-order valence-corrected chi connectivity index (χ3v) is 14.9. The minimum absolute atomic E-state index is 0.615. The number of benzene rings is 8. The van der Waals surface area contributed by atoms with Crippen molar-refractivity contribution in [2.45, 2.75) is 15.2 Å². The first-order valence-electron chi connectivity index (χ1n) is 22.6. The number of pyridine rings is 2. The Morgan fingerprint density at radius 3 is 2.03 bits per heavy atom. The van der Waals surface area contributed by atoms with E-state index in [0.29, 0.717) is 5.82 Å². The van der Waals surface area contributed by atoms with Gasteiger partial charge in [0.05, 0.1) is 45.1 Å². The van der Waals surface area contributed by atoms with E-state index >= 15 is 0 Å². The van der Waals surface area contributed by atoms with Crippen molar-refractivity contribution in [2.75, 3.05) is 4.90 Å². The highest BCUT2D eigenvalue weighted by Gasteiger charge is 2.54. The number of nitrogens with zero attached hydrogens (tertiary/aromatic N) is 5. The van der Waals surface area contributed by atoms with E-state index < -0.39 is 5.41 Å². The van der Waals surface area contributed by atoms with E-state index in [4.69, 9.17) is 19.9 Å². The summed E-state index contributed by atoms with van der Waals surface area (Å²) in [6.07, 6.45) is 1.90. The van der Waals surface area contributed by atoms with Gasteiger partial charge in [0.2, 0.25) is 0 Å². The van der Waals surface area contributed by atoms with E-state index in [-0.39, 0.29) is 0 Å². The normalized spacial score (nSPS) is 14.8. The Hall–Kier alpha value is -8.45. The Bertz CT molecular complexity index is 3810. The molecule has 14 rings (SSSR count). The van der Waals surface area contributed by atoms with Crippen molar-refractivity contribution < 1.29 is 0 Å². The number of hydrogen-bond acceptors (Lipinski definition) is 6. The highest BCUT2D eigenvalue weighted by molar-refractivity contribution is 8.00. The quantitative estimate of drug-likeness (QED) is 0.172. The molecule has 6 heteroatoms. The number of fused-ring (bicyclic) bond motifs is 14. The summed E-state index contributed by atoms with van der Waals surface area (Å²) in [6.45, 7) is 0. The fourth-order valence-electron chi connectivity index (χ4n) is 10.9. The summed E-state index contributed by atoms with van der Waals surface area (Å²) in [5.41, 5.74) is 20.1. The average Bonchev–Trinajstić information content (AvgIpc) is 3.87. The van der Waals surface area contributed by atoms with Crippen molar-refractivity contribution in [3.05, 3.63) is 247 Å². The zero-order valence-electron chi connectivity index (χ0n) is 36.0. The first-order valence-corrected chi connectivity index (χ1v) is 23.4. The Morgan fingerprint density at radius 1 is 0.418 bits per heavy atom. The number of para-hydroxylation sites is 2. The van der Waals surface area contributed by atoms with Crippen molar-refractivity contribution in [1.82, 2.24) is 19.9 Å². The van der Waals surface area contributed by atoms with E-state index in [1.54, 1.807) is 0 Å². The molecule has 1 aliphatic heterocycles. The highest BCUT2D eigenvalue weighted by atomic mass is 32.2. The number of anilines is 3. The summed E-state index contributed by atoms with van der Waals surface area (Å²) < 4.78 is 0. The Kier molecular flexibility index (Phi) is 8.36. The number of rotatable bonds is 5. The zero-order valence-corrected chi connectivity index (χ0v) is 36.8. The van der Waals surface area contributed by atoms with Gasteiger partial charge in [-0.1, -0.05) is 176 Å². The molecule has 1 spiro atoms. The molecule has 0 saturated heterocycles. The van der Waals surface area contributed by atoms with Crippen LogP contribution in [0.5, 0.6) is 0 Å². The molecule has 0 bridgehead atoms. The van der Waals surface area contributed by atoms with E-state index in [1.165, 1.54) is 54.5 Å². The molecule has 4 heterocycles. The molecule has 0 N–H and O–H groups in total. The van der Waals surface area contributed by atoms with Crippen LogP contribution in [0.25, 0.3) is 78.4 Å². The molecule has 3 aromatic heterocycles. The molecule has 1 atom stereocenters. The van der Waals surface area contributed by atoms with Crippen LogP contribution in [0.3, 0.4) is 0 Å². The smallest absolute Gasteiger partial charge is 0.160 e. The lowest BCUT2D eigenvalue weighted by Gasteiger charge is -2.35. The minimum atomic E-state index is -0.615. The molecule has 0 saturated carbocycles. The number of hydrogen-bond donors (Lipinski definition) is 0. The predicted octanol–water partition coefficient (Wildman–Crippen LogP) is 15.4. The van der Waals surface area contributed by atoms with Gasteiger partial charge in [0.1, 0.15) is 0 Å². The van der Waals surface area contributed by atoms with Crippen molar-refractivity contribution in [3.63, 3.8) is 0 Å². The van der Waals surface area contributed by atoms with E-state index in [0.717, 1.165) is 67.2 Å². The van der Waals surface area contributed by atoms with Gasteiger partial charge in [0.15, 0.2) is 5.82 Å². The minimum Gasteiger partial charge on any atom is -0.308 e. The van der Waals surface area contributed by atoms with E-state index in [9.17, 15) is 0 Å². The van der Waals surface area contributed by atoms with E-state index in [1.807, 2.05) is 36.2 Å². The Morgan fingerprint density at radius 2 is 1.12 bits per heavy atom. The maximum atomic E-state index is 5.56. The van der Waals surface area contributed by atoms with Gasteiger partial charge in [0.25, 0.3) is 0 Å². The monoisotopic (exact) mass is 871 g/mol. The lowest BCUT2D eigenvalue weighted by atomic mass is 9.71. The fraction of sp³-hybridized carbons (Fsp3) is 0.0164. The van der Waals surface area contributed by atoms with Gasteiger partial charge >= 0.3 is 0 Å². The highest BCUT2D eigenvalue weighted by Crippen LogP contribution is 2.66. The fourth-order valence-corrected chi connectivity index (χ4v) is 12.1. The van der Waals surface area contributed by atoms with Crippen LogP contribution in [0.2, 0.25) is 0 Å². The third-order valence-electron chi connectivity index (χ3n) is 13.7. The van der Waals surface area contributed by atoms with Crippen LogP contribution in [-0.4, -0.2) is 19.9 Å². The van der Waals surface area contributed by atoms with Gasteiger partial charge in [-0.15, -0.1) is 0 Å². The molecule has 67 heavy (non-hydrogen) atoms. The second-order valence-corrected chi connectivity index (χ2v) is 18.4. The molecule has 312 valence electrons. The molecule has 11 aromatic rings. The molecular weight excluding hydrogens is 835 g/mol. The topological polar surface area (TPSA) is 54.8 Å². The van der Waals surface area contributed by atoms with Crippen LogP contribution in [0, 0.1) is 0 Å². The summed E-state index contributed by atoms with van der Waals surface area (Å²) in [6, 6.07) is 78.0. The van der Waals surface area contributed by atoms with Crippen LogP contribution >= 0.6 is 11.8 Å². The van der Waals surface area contributed by atoms with Gasteiger partial charge in [-0.05, 0) is 93.5 Å². The molecular formula is C61H37N5S. The predicted molar refractivity (Wildman–Crippen MR) is 272 cm³/mol. The van der Waals surface area contributed by atoms with Crippen LogP contribution in [-0.2, 0) is 5.41 Å². The van der Waals surface area contributed by atoms with Crippen LogP contribution in [0.1, 0.15) is 22.3 Å². The molecule has 0 radical (unpaired) electrons. The van der Waals surface area contributed by atoms with Gasteiger partial charge in [-0.3, -0.25) is 4.98 Å². The van der Waals surface area contributed by atoms with Crippen molar-refractivity contribution in [1.29, 1.82) is 0 Å². The molecule has 0 fully saturated rings. The first kappa shape index (κ1) is 37.9. The summed E-state index contributed by atoms with van der Waals surface area (Å²) >= 11 is 1.87. The van der Waals surface area contributed by atoms with Gasteiger partial charge in [0, 0.05) is 49.3 Å². The lowest BCUT2D eigenvalue weighted by molar-refractivity contribution is 0.788. The zero-order chi connectivity index (χ0) is 44.1. The third kappa shape index (κ3) is 5.63. The summed E-state index contributed by atoms with van der Waals surface area (Å²) in [4.78, 5) is 25.9. The van der Waals surface area contributed by atoms with Crippen molar-refractivity contribution >= 4 is 39.7 Å². The molecule has 2 aliphatic carbocycles. The first-order chi connectivity index (χ1) is 33.2. The molecule has 0 amide bonds. The molecule has 5 nitrogen and oxygen atoms in total. The van der Waals surface area contributed by atoms with Gasteiger partial charge < -0.3 is 4.90 Å². The standard InChI is InChI=1S/C61H37N5S/c1-3-16-38(17-4-1)40-20-14-23-43(37-40)66-52-29-11-12-30-54(52)67-59-53(66)34-32-47-55(59)44-24-7-9-26-46(44)61(47)48-27-15-35-62-57(48)58-49(61)31-33-50(63-58)41-21-13-22-42(36-41)60-64-51-28-10-8-25-45(51)56(65-60)39-18-5-2-6-19-39/h1-37H. The molecule has 8 aromatic carbocycles. The van der Waals surface area contributed by atoms with E-state index in [2.05, 4.69) is 205 Å². The molecule has 3 aliphatic rings.